The first kappa shape index (κ1) is 11.2. The van der Waals surface area contributed by atoms with Crippen molar-refractivity contribution in [3.63, 3.8) is 0 Å². The van der Waals surface area contributed by atoms with Crippen LogP contribution >= 0.6 is 0 Å². The van der Waals surface area contributed by atoms with Crippen LogP contribution in [-0.4, -0.2) is 18.8 Å². The van der Waals surface area contributed by atoms with E-state index < -0.39 is 5.97 Å². The standard InChI is InChI=1S/C12H13NO2/c1-2-15-12(14)10-13-9-8-11-6-4-3-5-7-11/h3-10H,2H2,1H3. The van der Waals surface area contributed by atoms with Crippen molar-refractivity contribution in [2.24, 2.45) is 4.99 Å². The van der Waals surface area contributed by atoms with Gasteiger partial charge in [0.2, 0.25) is 0 Å². The summed E-state index contributed by atoms with van der Waals surface area (Å²) in [5.41, 5.74) is 1.04. The van der Waals surface area contributed by atoms with Crippen LogP contribution in [0.5, 0.6) is 0 Å². The van der Waals surface area contributed by atoms with Gasteiger partial charge in [-0.3, -0.25) is 4.99 Å². The maximum Gasteiger partial charge on any atom is 0.349 e. The molecule has 0 aliphatic rings. The highest BCUT2D eigenvalue weighted by Gasteiger charge is 1.91. The zero-order valence-corrected chi connectivity index (χ0v) is 8.59. The average Bonchev–Trinajstić information content (AvgIpc) is 2.26. The van der Waals surface area contributed by atoms with E-state index in [0.717, 1.165) is 11.8 Å². The first-order chi connectivity index (χ1) is 7.33. The van der Waals surface area contributed by atoms with Crippen molar-refractivity contribution in [3.05, 3.63) is 42.1 Å². The lowest BCUT2D eigenvalue weighted by Gasteiger charge is -1.92. The molecule has 3 heteroatoms. The largest absolute Gasteiger partial charge is 0.462 e. The van der Waals surface area contributed by atoms with E-state index >= 15 is 0 Å². The van der Waals surface area contributed by atoms with Gasteiger partial charge in [-0.2, -0.15) is 0 Å². The SMILES string of the molecule is CCOC(=O)C=NC=Cc1ccccc1. The fourth-order valence-corrected chi connectivity index (χ4v) is 0.977. The van der Waals surface area contributed by atoms with Gasteiger partial charge in [0, 0.05) is 6.20 Å². The Bertz CT molecular complexity index is 355. The summed E-state index contributed by atoms with van der Waals surface area (Å²) in [7, 11) is 0. The fourth-order valence-electron chi connectivity index (χ4n) is 0.977. The predicted molar refractivity (Wildman–Crippen MR) is 60.6 cm³/mol. The van der Waals surface area contributed by atoms with E-state index in [0.29, 0.717) is 6.61 Å². The van der Waals surface area contributed by atoms with E-state index in [1.807, 2.05) is 36.4 Å². The molecular weight excluding hydrogens is 190 g/mol. The summed E-state index contributed by atoms with van der Waals surface area (Å²) < 4.78 is 4.67. The third kappa shape index (κ3) is 4.76. The third-order valence-electron chi connectivity index (χ3n) is 1.62. The Morgan fingerprint density at radius 2 is 2.13 bits per heavy atom. The van der Waals surface area contributed by atoms with Crippen LogP contribution < -0.4 is 0 Å². The van der Waals surface area contributed by atoms with Crippen LogP contribution in [0.2, 0.25) is 0 Å². The van der Waals surface area contributed by atoms with Gasteiger partial charge < -0.3 is 4.74 Å². The lowest BCUT2D eigenvalue weighted by atomic mass is 10.2. The van der Waals surface area contributed by atoms with E-state index in [1.54, 1.807) is 13.1 Å². The molecule has 0 fully saturated rings. The van der Waals surface area contributed by atoms with Gasteiger partial charge in [-0.15, -0.1) is 0 Å². The molecule has 0 amide bonds. The number of benzene rings is 1. The molecule has 3 nitrogen and oxygen atoms in total. The monoisotopic (exact) mass is 203 g/mol. The van der Waals surface area contributed by atoms with Crippen molar-refractivity contribution in [3.8, 4) is 0 Å². The molecule has 0 unspecified atom stereocenters. The molecule has 78 valence electrons. The quantitative estimate of drug-likeness (QED) is 0.556. The first-order valence-electron chi connectivity index (χ1n) is 4.74. The molecule has 0 radical (unpaired) electrons. The van der Waals surface area contributed by atoms with E-state index in [9.17, 15) is 4.79 Å². The number of nitrogens with zero attached hydrogens (tertiary/aromatic N) is 1. The summed E-state index contributed by atoms with van der Waals surface area (Å²) in [5.74, 6) is -0.421. The van der Waals surface area contributed by atoms with Gasteiger partial charge >= 0.3 is 5.97 Å². The molecule has 15 heavy (non-hydrogen) atoms. The number of carbonyl (C=O) groups is 1. The molecule has 0 saturated carbocycles. The zero-order valence-electron chi connectivity index (χ0n) is 8.59. The number of hydrogen-bond acceptors (Lipinski definition) is 3. The highest BCUT2D eigenvalue weighted by molar-refractivity contribution is 6.23. The first-order valence-corrected chi connectivity index (χ1v) is 4.74. The Hall–Kier alpha value is -1.90. The number of carbonyl (C=O) groups excluding carboxylic acids is 1. The smallest absolute Gasteiger partial charge is 0.349 e. The molecule has 1 aromatic rings. The lowest BCUT2D eigenvalue weighted by Crippen LogP contribution is -2.03. The summed E-state index contributed by atoms with van der Waals surface area (Å²) >= 11 is 0. The summed E-state index contributed by atoms with van der Waals surface area (Å²) in [4.78, 5) is 14.7. The summed E-state index contributed by atoms with van der Waals surface area (Å²) in [6, 6.07) is 9.73. The maximum atomic E-state index is 10.8. The van der Waals surface area contributed by atoms with E-state index in [2.05, 4.69) is 9.73 Å². The molecular formula is C12H13NO2. The van der Waals surface area contributed by atoms with Gasteiger partial charge in [0.1, 0.15) is 6.21 Å². The van der Waals surface area contributed by atoms with Crippen LogP contribution in [0.1, 0.15) is 12.5 Å². The molecule has 1 aromatic carbocycles. The van der Waals surface area contributed by atoms with Crippen LogP contribution in [0, 0.1) is 0 Å². The second-order valence-corrected chi connectivity index (χ2v) is 2.76. The number of rotatable bonds is 4. The molecule has 0 aliphatic heterocycles. The van der Waals surface area contributed by atoms with Crippen molar-refractivity contribution < 1.29 is 9.53 Å². The molecule has 0 saturated heterocycles. The van der Waals surface area contributed by atoms with Crippen LogP contribution in [0.15, 0.2) is 41.5 Å². The minimum Gasteiger partial charge on any atom is -0.462 e. The Labute approximate surface area is 89.1 Å². The Balaban J connectivity index is 2.43. The molecule has 0 N–H and O–H groups in total. The summed E-state index contributed by atoms with van der Waals surface area (Å²) in [6.45, 7) is 2.12. The lowest BCUT2D eigenvalue weighted by molar-refractivity contribution is -0.134. The number of esters is 1. The predicted octanol–water partition coefficient (Wildman–Crippen LogP) is 2.29. The minimum absolute atomic E-state index is 0.368. The molecule has 1 rings (SSSR count). The molecule has 0 bridgehead atoms. The van der Waals surface area contributed by atoms with Crippen LogP contribution in [0.25, 0.3) is 6.08 Å². The number of aliphatic imine (C=N–C) groups is 1. The second kappa shape index (κ2) is 6.54. The zero-order chi connectivity index (χ0) is 10.9. The average molecular weight is 203 g/mol. The van der Waals surface area contributed by atoms with Crippen molar-refractivity contribution in [1.82, 2.24) is 0 Å². The van der Waals surface area contributed by atoms with Crippen molar-refractivity contribution in [2.75, 3.05) is 6.61 Å². The van der Waals surface area contributed by atoms with Gasteiger partial charge in [0.25, 0.3) is 0 Å². The Morgan fingerprint density at radius 3 is 2.80 bits per heavy atom. The normalized spacial score (nSPS) is 11.0. The van der Waals surface area contributed by atoms with Crippen molar-refractivity contribution in [2.45, 2.75) is 6.92 Å². The van der Waals surface area contributed by atoms with Crippen LogP contribution in [0.4, 0.5) is 0 Å². The fraction of sp³-hybridized carbons (Fsp3) is 0.167. The van der Waals surface area contributed by atoms with Crippen LogP contribution in [0.3, 0.4) is 0 Å². The van der Waals surface area contributed by atoms with Crippen molar-refractivity contribution >= 4 is 18.3 Å². The van der Waals surface area contributed by atoms with Gasteiger partial charge in [-0.05, 0) is 18.6 Å². The van der Waals surface area contributed by atoms with E-state index in [-0.39, 0.29) is 0 Å². The highest BCUT2D eigenvalue weighted by atomic mass is 16.5. The number of ether oxygens (including phenoxy) is 1. The summed E-state index contributed by atoms with van der Waals surface area (Å²) in [5, 5.41) is 0. The Kier molecular flexibility index (Phi) is 4.87. The van der Waals surface area contributed by atoms with E-state index in [4.69, 9.17) is 0 Å². The second-order valence-electron chi connectivity index (χ2n) is 2.76. The summed E-state index contributed by atoms with van der Waals surface area (Å²) in [6.07, 6.45) is 4.53. The van der Waals surface area contributed by atoms with Gasteiger partial charge in [-0.1, -0.05) is 30.3 Å². The highest BCUT2D eigenvalue weighted by Crippen LogP contribution is 2.00. The van der Waals surface area contributed by atoms with Gasteiger partial charge in [-0.25, -0.2) is 4.79 Å². The molecule has 0 spiro atoms. The van der Waals surface area contributed by atoms with Crippen molar-refractivity contribution in [1.29, 1.82) is 0 Å². The molecule has 0 aliphatic carbocycles. The topological polar surface area (TPSA) is 38.7 Å². The third-order valence-corrected chi connectivity index (χ3v) is 1.62. The minimum atomic E-state index is -0.421. The molecule has 0 heterocycles. The molecule has 0 aromatic heterocycles. The maximum absolute atomic E-state index is 10.8. The van der Waals surface area contributed by atoms with E-state index in [1.165, 1.54) is 0 Å². The van der Waals surface area contributed by atoms with Crippen LogP contribution in [-0.2, 0) is 9.53 Å². The Morgan fingerprint density at radius 1 is 1.40 bits per heavy atom. The molecule has 0 atom stereocenters. The number of hydrogen-bond donors (Lipinski definition) is 0. The van der Waals surface area contributed by atoms with Gasteiger partial charge in [0.05, 0.1) is 6.61 Å². The van der Waals surface area contributed by atoms with Gasteiger partial charge in [0.15, 0.2) is 0 Å².